The number of anilines is 1. The van der Waals surface area contributed by atoms with E-state index in [1.807, 2.05) is 43.3 Å². The lowest BCUT2D eigenvalue weighted by Gasteiger charge is -2.08. The summed E-state index contributed by atoms with van der Waals surface area (Å²) in [7, 11) is 0. The molecule has 0 radical (unpaired) electrons. The van der Waals surface area contributed by atoms with E-state index in [4.69, 9.17) is 0 Å². The van der Waals surface area contributed by atoms with Gasteiger partial charge in [0.05, 0.1) is 0 Å². The third kappa shape index (κ3) is 3.67. The van der Waals surface area contributed by atoms with Gasteiger partial charge in [0.15, 0.2) is 0 Å². The number of carbonyl (C=O) groups is 1. The molecule has 0 aliphatic rings. The fourth-order valence-corrected chi connectivity index (χ4v) is 2.61. The highest BCUT2D eigenvalue weighted by Crippen LogP contribution is 2.22. The molecule has 0 aliphatic carbocycles. The molecule has 0 bridgehead atoms. The number of hydrogen-bond donors (Lipinski definition) is 1. The Hall–Kier alpha value is -2.87. The summed E-state index contributed by atoms with van der Waals surface area (Å²) in [5.41, 5.74) is 4.10. The maximum absolute atomic E-state index is 11.4. The van der Waals surface area contributed by atoms with Crippen LogP contribution in [0.5, 0.6) is 0 Å². The van der Waals surface area contributed by atoms with E-state index in [0.29, 0.717) is 0 Å². The van der Waals surface area contributed by atoms with Crippen molar-refractivity contribution in [2.45, 2.75) is 13.8 Å². The SMILES string of the molecule is CC(=O)Nc1cc(C)ccc1/C=C/c1ccc2ccccc2c1. The summed E-state index contributed by atoms with van der Waals surface area (Å²) < 4.78 is 0. The molecule has 114 valence electrons. The largest absolute Gasteiger partial charge is 0.326 e. The number of carbonyl (C=O) groups excluding carboxylic acids is 1. The van der Waals surface area contributed by atoms with Crippen molar-refractivity contribution in [3.8, 4) is 0 Å². The summed E-state index contributed by atoms with van der Waals surface area (Å²) in [5, 5.41) is 5.35. The molecule has 2 nitrogen and oxygen atoms in total. The first-order valence-electron chi connectivity index (χ1n) is 7.67. The van der Waals surface area contributed by atoms with Crippen LogP contribution in [0.1, 0.15) is 23.6 Å². The maximum Gasteiger partial charge on any atom is 0.221 e. The highest BCUT2D eigenvalue weighted by atomic mass is 16.1. The second kappa shape index (κ2) is 6.49. The Balaban J connectivity index is 1.93. The molecule has 0 fully saturated rings. The smallest absolute Gasteiger partial charge is 0.221 e. The van der Waals surface area contributed by atoms with Gasteiger partial charge in [0.1, 0.15) is 0 Å². The summed E-state index contributed by atoms with van der Waals surface area (Å²) >= 11 is 0. The van der Waals surface area contributed by atoms with Crippen LogP contribution in [0.4, 0.5) is 5.69 Å². The summed E-state index contributed by atoms with van der Waals surface area (Å²) in [6.07, 6.45) is 4.11. The van der Waals surface area contributed by atoms with Gasteiger partial charge in [-0.3, -0.25) is 4.79 Å². The van der Waals surface area contributed by atoms with Crippen LogP contribution >= 0.6 is 0 Å². The predicted molar refractivity (Wildman–Crippen MR) is 98.4 cm³/mol. The molecule has 0 aliphatic heterocycles. The molecular weight excluding hydrogens is 282 g/mol. The summed E-state index contributed by atoms with van der Waals surface area (Å²) in [5.74, 6) is -0.0593. The number of nitrogens with one attached hydrogen (secondary N) is 1. The number of aryl methyl sites for hydroxylation is 1. The van der Waals surface area contributed by atoms with Crippen LogP contribution < -0.4 is 5.32 Å². The maximum atomic E-state index is 11.4. The van der Waals surface area contributed by atoms with Crippen molar-refractivity contribution in [3.05, 3.63) is 77.4 Å². The number of rotatable bonds is 3. The minimum absolute atomic E-state index is 0.0593. The van der Waals surface area contributed by atoms with Gasteiger partial charge >= 0.3 is 0 Å². The van der Waals surface area contributed by atoms with E-state index in [1.54, 1.807) is 0 Å². The normalized spacial score (nSPS) is 11.0. The first kappa shape index (κ1) is 15.0. The zero-order valence-corrected chi connectivity index (χ0v) is 13.3. The molecule has 2 heteroatoms. The van der Waals surface area contributed by atoms with Gasteiger partial charge in [-0.2, -0.15) is 0 Å². The van der Waals surface area contributed by atoms with Crippen LogP contribution in [-0.2, 0) is 4.79 Å². The molecule has 0 atom stereocenters. The minimum atomic E-state index is -0.0593. The molecule has 0 unspecified atom stereocenters. The van der Waals surface area contributed by atoms with Crippen molar-refractivity contribution in [3.63, 3.8) is 0 Å². The van der Waals surface area contributed by atoms with E-state index in [9.17, 15) is 4.79 Å². The Morgan fingerprint density at radius 1 is 0.913 bits per heavy atom. The van der Waals surface area contributed by atoms with Gasteiger partial charge in [-0.25, -0.2) is 0 Å². The number of fused-ring (bicyclic) bond motifs is 1. The first-order valence-corrected chi connectivity index (χ1v) is 7.67. The van der Waals surface area contributed by atoms with Crippen LogP contribution in [0, 0.1) is 6.92 Å². The van der Waals surface area contributed by atoms with Crippen molar-refractivity contribution in [2.24, 2.45) is 0 Å². The molecular formula is C21H19NO. The van der Waals surface area contributed by atoms with Gasteiger partial charge in [-0.15, -0.1) is 0 Å². The van der Waals surface area contributed by atoms with Crippen LogP contribution in [0.3, 0.4) is 0 Å². The second-order valence-electron chi connectivity index (χ2n) is 5.71. The number of amides is 1. The fraction of sp³-hybridized carbons (Fsp3) is 0.0952. The molecule has 3 aromatic rings. The minimum Gasteiger partial charge on any atom is -0.326 e. The lowest BCUT2D eigenvalue weighted by atomic mass is 10.0. The molecule has 0 aromatic heterocycles. The van der Waals surface area contributed by atoms with Crippen LogP contribution in [-0.4, -0.2) is 5.91 Å². The molecule has 0 saturated carbocycles. The third-order valence-electron chi connectivity index (χ3n) is 3.75. The number of benzene rings is 3. The van der Waals surface area contributed by atoms with Gasteiger partial charge in [-0.05, 0) is 46.5 Å². The lowest BCUT2D eigenvalue weighted by molar-refractivity contribution is -0.114. The van der Waals surface area contributed by atoms with E-state index in [1.165, 1.54) is 17.7 Å². The standard InChI is InChI=1S/C21H19NO/c1-15-7-10-19(21(13-15)22-16(2)23)12-9-17-8-11-18-5-3-4-6-20(18)14-17/h3-14H,1-2H3,(H,22,23)/b12-9+. The highest BCUT2D eigenvalue weighted by molar-refractivity contribution is 5.93. The van der Waals surface area contributed by atoms with Gasteiger partial charge in [0, 0.05) is 12.6 Å². The average molecular weight is 301 g/mol. The Morgan fingerprint density at radius 3 is 2.48 bits per heavy atom. The zero-order valence-electron chi connectivity index (χ0n) is 13.3. The van der Waals surface area contributed by atoms with Crippen LogP contribution in [0.2, 0.25) is 0 Å². The summed E-state index contributed by atoms with van der Waals surface area (Å²) in [6, 6.07) is 20.8. The van der Waals surface area contributed by atoms with Crippen molar-refractivity contribution >= 4 is 34.5 Å². The van der Waals surface area contributed by atoms with Crippen molar-refractivity contribution < 1.29 is 4.79 Å². The van der Waals surface area contributed by atoms with Crippen molar-refractivity contribution in [2.75, 3.05) is 5.32 Å². The second-order valence-corrected chi connectivity index (χ2v) is 5.71. The lowest BCUT2D eigenvalue weighted by Crippen LogP contribution is -2.07. The fourth-order valence-electron chi connectivity index (χ4n) is 2.61. The highest BCUT2D eigenvalue weighted by Gasteiger charge is 2.02. The van der Waals surface area contributed by atoms with Gasteiger partial charge in [0.2, 0.25) is 5.91 Å². The van der Waals surface area contributed by atoms with E-state index >= 15 is 0 Å². The average Bonchev–Trinajstić information content (AvgIpc) is 2.53. The zero-order chi connectivity index (χ0) is 16.2. The Bertz CT molecular complexity index is 893. The molecule has 3 rings (SSSR count). The Morgan fingerprint density at radius 2 is 1.70 bits per heavy atom. The number of hydrogen-bond acceptors (Lipinski definition) is 1. The predicted octanol–water partition coefficient (Wildman–Crippen LogP) is 5.28. The van der Waals surface area contributed by atoms with E-state index < -0.39 is 0 Å². The van der Waals surface area contributed by atoms with E-state index in [2.05, 4.69) is 41.7 Å². The van der Waals surface area contributed by atoms with Crippen molar-refractivity contribution in [1.29, 1.82) is 0 Å². The Kier molecular flexibility index (Phi) is 4.24. The molecule has 0 spiro atoms. The molecule has 0 heterocycles. The molecule has 1 amide bonds. The molecule has 23 heavy (non-hydrogen) atoms. The monoisotopic (exact) mass is 301 g/mol. The Labute approximate surface area is 136 Å². The van der Waals surface area contributed by atoms with Gasteiger partial charge in [-0.1, -0.05) is 60.7 Å². The molecule has 0 saturated heterocycles. The molecule has 1 N–H and O–H groups in total. The van der Waals surface area contributed by atoms with Gasteiger partial charge in [0.25, 0.3) is 0 Å². The van der Waals surface area contributed by atoms with E-state index in [0.717, 1.165) is 22.4 Å². The van der Waals surface area contributed by atoms with Crippen LogP contribution in [0.15, 0.2) is 60.7 Å². The first-order chi connectivity index (χ1) is 11.1. The quantitative estimate of drug-likeness (QED) is 0.655. The van der Waals surface area contributed by atoms with Gasteiger partial charge < -0.3 is 5.32 Å². The van der Waals surface area contributed by atoms with Crippen molar-refractivity contribution in [1.82, 2.24) is 0 Å². The summed E-state index contributed by atoms with van der Waals surface area (Å²) in [4.78, 5) is 11.4. The molecule has 3 aromatic carbocycles. The topological polar surface area (TPSA) is 29.1 Å². The van der Waals surface area contributed by atoms with E-state index in [-0.39, 0.29) is 5.91 Å². The third-order valence-corrected chi connectivity index (χ3v) is 3.75. The van der Waals surface area contributed by atoms with Crippen LogP contribution in [0.25, 0.3) is 22.9 Å². The summed E-state index contributed by atoms with van der Waals surface area (Å²) in [6.45, 7) is 3.54.